The van der Waals surface area contributed by atoms with Crippen molar-refractivity contribution in [3.63, 3.8) is 0 Å². The zero-order chi connectivity index (χ0) is 18.1. The molecule has 1 heterocycles. The number of carbonyl (C=O) groups excluding carboxylic acids is 1. The fraction of sp³-hybridized carbons (Fsp3) is 0.474. The molecule has 1 fully saturated rings. The van der Waals surface area contributed by atoms with E-state index in [1.165, 1.54) is 0 Å². The maximum absolute atomic E-state index is 12.2. The number of carbonyl (C=O) groups is 1. The van der Waals surface area contributed by atoms with Crippen LogP contribution in [-0.2, 0) is 9.53 Å². The zero-order valence-corrected chi connectivity index (χ0v) is 14.7. The first kappa shape index (κ1) is 18.8. The zero-order valence-electron chi connectivity index (χ0n) is 14.7. The summed E-state index contributed by atoms with van der Waals surface area (Å²) in [5, 5.41) is 12.1. The first-order valence-electron chi connectivity index (χ1n) is 8.50. The Morgan fingerprint density at radius 2 is 2.32 bits per heavy atom. The average Bonchev–Trinajstić information content (AvgIpc) is 3.16. The van der Waals surface area contributed by atoms with Crippen molar-refractivity contribution in [1.82, 2.24) is 5.32 Å². The smallest absolute Gasteiger partial charge is 0.262 e. The number of nitrogens with zero attached hydrogens (tertiary/aromatic N) is 1. The van der Waals surface area contributed by atoms with E-state index in [1.54, 1.807) is 31.4 Å². The Labute approximate surface area is 148 Å². The lowest BCUT2D eigenvalue weighted by atomic mass is 10.1. The minimum absolute atomic E-state index is 0.0407. The molecular formula is C19H24N2O4. The van der Waals surface area contributed by atoms with Crippen LogP contribution in [0.5, 0.6) is 11.5 Å². The predicted octanol–water partition coefficient (Wildman–Crippen LogP) is 2.69. The molecule has 1 aromatic carbocycles. The molecule has 0 aromatic heterocycles. The van der Waals surface area contributed by atoms with Crippen molar-refractivity contribution in [2.75, 3.05) is 26.9 Å². The Hall–Kier alpha value is -2.52. The second-order valence-electron chi connectivity index (χ2n) is 5.77. The van der Waals surface area contributed by atoms with Crippen LogP contribution in [0.4, 0.5) is 0 Å². The Bertz CT molecular complexity index is 658. The van der Waals surface area contributed by atoms with E-state index < -0.39 is 5.91 Å². The summed E-state index contributed by atoms with van der Waals surface area (Å²) in [7, 11) is 1.57. The molecule has 1 aliphatic heterocycles. The lowest BCUT2D eigenvalue weighted by molar-refractivity contribution is -0.117. The third kappa shape index (κ3) is 5.50. The van der Waals surface area contributed by atoms with Gasteiger partial charge in [-0.05, 0) is 43.0 Å². The molecule has 0 saturated carbocycles. The molecular weight excluding hydrogens is 320 g/mol. The van der Waals surface area contributed by atoms with E-state index in [2.05, 4.69) is 5.32 Å². The summed E-state index contributed by atoms with van der Waals surface area (Å²) in [4.78, 5) is 12.2. The molecule has 1 amide bonds. The molecule has 1 aliphatic rings. The molecule has 0 bridgehead atoms. The fourth-order valence-corrected chi connectivity index (χ4v) is 2.53. The Morgan fingerprint density at radius 1 is 1.48 bits per heavy atom. The summed E-state index contributed by atoms with van der Waals surface area (Å²) in [6.07, 6.45) is 4.40. The molecule has 1 aromatic rings. The molecule has 0 spiro atoms. The van der Waals surface area contributed by atoms with E-state index in [0.717, 1.165) is 25.9 Å². The number of rotatable bonds is 8. The Kier molecular flexibility index (Phi) is 7.30. The van der Waals surface area contributed by atoms with Gasteiger partial charge in [-0.1, -0.05) is 13.0 Å². The first-order valence-corrected chi connectivity index (χ1v) is 8.50. The highest BCUT2D eigenvalue weighted by molar-refractivity contribution is 6.01. The normalized spacial score (nSPS) is 17.0. The van der Waals surface area contributed by atoms with E-state index in [1.807, 2.05) is 13.0 Å². The summed E-state index contributed by atoms with van der Waals surface area (Å²) in [5.41, 5.74) is 0.750. The number of amides is 1. The molecule has 0 radical (unpaired) electrons. The van der Waals surface area contributed by atoms with Crippen LogP contribution in [-0.4, -0.2) is 38.9 Å². The SMILES string of the molecule is CCCOc1cc(/C=C(\C#N)C(=O)NC[C@H]2CCCO2)ccc1OC. The maximum Gasteiger partial charge on any atom is 0.262 e. The van der Waals surface area contributed by atoms with Crippen LogP contribution in [0.1, 0.15) is 31.7 Å². The predicted molar refractivity (Wildman–Crippen MR) is 94.4 cm³/mol. The summed E-state index contributed by atoms with van der Waals surface area (Å²) in [6, 6.07) is 7.26. The minimum Gasteiger partial charge on any atom is -0.493 e. The molecule has 2 rings (SSSR count). The number of methoxy groups -OCH3 is 1. The molecule has 6 nitrogen and oxygen atoms in total. The lowest BCUT2D eigenvalue weighted by Gasteiger charge is -2.11. The van der Waals surface area contributed by atoms with Crippen molar-refractivity contribution in [2.24, 2.45) is 0 Å². The van der Waals surface area contributed by atoms with Gasteiger partial charge in [0.15, 0.2) is 11.5 Å². The van der Waals surface area contributed by atoms with Gasteiger partial charge in [0.05, 0.1) is 19.8 Å². The topological polar surface area (TPSA) is 80.6 Å². The molecule has 0 aliphatic carbocycles. The molecule has 1 saturated heterocycles. The summed E-state index contributed by atoms with van der Waals surface area (Å²) < 4.78 is 16.4. The van der Waals surface area contributed by atoms with Crippen LogP contribution < -0.4 is 14.8 Å². The van der Waals surface area contributed by atoms with Gasteiger partial charge in [0.1, 0.15) is 11.6 Å². The highest BCUT2D eigenvalue weighted by atomic mass is 16.5. The van der Waals surface area contributed by atoms with E-state index in [4.69, 9.17) is 14.2 Å². The summed E-state index contributed by atoms with van der Waals surface area (Å²) in [6.45, 7) is 3.73. The number of hydrogen-bond acceptors (Lipinski definition) is 5. The highest BCUT2D eigenvalue weighted by Gasteiger charge is 2.17. The van der Waals surface area contributed by atoms with Gasteiger partial charge in [0.2, 0.25) is 0 Å². The van der Waals surface area contributed by atoms with Gasteiger partial charge in [-0.15, -0.1) is 0 Å². The molecule has 0 unspecified atom stereocenters. The lowest BCUT2D eigenvalue weighted by Crippen LogP contribution is -2.32. The van der Waals surface area contributed by atoms with Gasteiger partial charge in [-0.25, -0.2) is 0 Å². The van der Waals surface area contributed by atoms with Crippen LogP contribution in [0.15, 0.2) is 23.8 Å². The third-order valence-electron chi connectivity index (χ3n) is 3.84. The van der Waals surface area contributed by atoms with E-state index in [9.17, 15) is 10.1 Å². The van der Waals surface area contributed by atoms with Crippen molar-refractivity contribution in [1.29, 1.82) is 5.26 Å². The molecule has 134 valence electrons. The second kappa shape index (κ2) is 9.70. The van der Waals surface area contributed by atoms with Crippen molar-refractivity contribution in [3.05, 3.63) is 29.3 Å². The number of nitriles is 1. The van der Waals surface area contributed by atoms with Gasteiger partial charge in [0, 0.05) is 13.2 Å². The quantitative estimate of drug-likeness (QED) is 0.579. The van der Waals surface area contributed by atoms with E-state index in [-0.39, 0.29) is 11.7 Å². The standard InChI is InChI=1S/C19H24N2O4/c1-3-8-25-18-11-14(6-7-17(18)23-2)10-15(12-20)19(22)21-13-16-5-4-9-24-16/h6-7,10-11,16H,3-5,8-9,13H2,1-2H3,(H,21,22)/b15-10+/t16-/m1/s1. The number of benzene rings is 1. The Morgan fingerprint density at radius 3 is 2.96 bits per heavy atom. The van der Waals surface area contributed by atoms with Crippen molar-refractivity contribution >= 4 is 12.0 Å². The number of hydrogen-bond donors (Lipinski definition) is 1. The van der Waals surface area contributed by atoms with Crippen LogP contribution in [0.25, 0.3) is 6.08 Å². The monoisotopic (exact) mass is 344 g/mol. The van der Waals surface area contributed by atoms with Gasteiger partial charge in [-0.2, -0.15) is 5.26 Å². The van der Waals surface area contributed by atoms with Crippen LogP contribution >= 0.6 is 0 Å². The first-order chi connectivity index (χ1) is 12.2. The van der Waals surface area contributed by atoms with Gasteiger partial charge in [-0.3, -0.25) is 4.79 Å². The molecule has 6 heteroatoms. The van der Waals surface area contributed by atoms with E-state index in [0.29, 0.717) is 30.2 Å². The summed E-state index contributed by atoms with van der Waals surface area (Å²) >= 11 is 0. The second-order valence-corrected chi connectivity index (χ2v) is 5.77. The number of ether oxygens (including phenoxy) is 3. The van der Waals surface area contributed by atoms with Gasteiger partial charge >= 0.3 is 0 Å². The van der Waals surface area contributed by atoms with Gasteiger partial charge in [0.25, 0.3) is 5.91 Å². The number of nitrogens with one attached hydrogen (secondary N) is 1. The fourth-order valence-electron chi connectivity index (χ4n) is 2.53. The van der Waals surface area contributed by atoms with Crippen molar-refractivity contribution in [3.8, 4) is 17.6 Å². The minimum atomic E-state index is -0.398. The van der Waals surface area contributed by atoms with E-state index >= 15 is 0 Å². The van der Waals surface area contributed by atoms with Gasteiger partial charge < -0.3 is 19.5 Å². The molecule has 1 atom stereocenters. The maximum atomic E-state index is 12.2. The average molecular weight is 344 g/mol. The molecule has 1 N–H and O–H groups in total. The van der Waals surface area contributed by atoms with Crippen molar-refractivity contribution in [2.45, 2.75) is 32.3 Å². The molecule has 25 heavy (non-hydrogen) atoms. The largest absolute Gasteiger partial charge is 0.493 e. The Balaban J connectivity index is 2.09. The van der Waals surface area contributed by atoms with Crippen LogP contribution in [0.2, 0.25) is 0 Å². The van der Waals surface area contributed by atoms with Crippen LogP contribution in [0, 0.1) is 11.3 Å². The van der Waals surface area contributed by atoms with Crippen molar-refractivity contribution < 1.29 is 19.0 Å². The van der Waals surface area contributed by atoms with Crippen LogP contribution in [0.3, 0.4) is 0 Å². The third-order valence-corrected chi connectivity index (χ3v) is 3.84. The summed E-state index contributed by atoms with van der Waals surface area (Å²) in [5.74, 6) is 0.812. The highest BCUT2D eigenvalue weighted by Crippen LogP contribution is 2.29.